The Hall–Kier alpha value is -1.32. The Bertz CT molecular complexity index is 558. The minimum atomic E-state index is 0.163. The molecule has 0 saturated heterocycles. The van der Waals surface area contributed by atoms with Crippen LogP contribution >= 0.6 is 23.2 Å². The molecule has 0 aliphatic carbocycles. The SMILES string of the molecule is Cc1cc(Oc2nc(Cl)ncc2C)ccc1Cl. The summed E-state index contributed by atoms with van der Waals surface area (Å²) in [6.45, 7) is 3.77. The van der Waals surface area contributed by atoms with E-state index in [0.717, 1.165) is 11.1 Å². The first-order valence-electron chi connectivity index (χ1n) is 4.99. The predicted molar refractivity (Wildman–Crippen MR) is 68.0 cm³/mol. The van der Waals surface area contributed by atoms with Gasteiger partial charge in [-0.05, 0) is 49.2 Å². The van der Waals surface area contributed by atoms with Gasteiger partial charge in [0, 0.05) is 16.8 Å². The smallest absolute Gasteiger partial charge is 0.226 e. The van der Waals surface area contributed by atoms with Gasteiger partial charge in [0.15, 0.2) is 0 Å². The van der Waals surface area contributed by atoms with E-state index in [2.05, 4.69) is 9.97 Å². The zero-order chi connectivity index (χ0) is 12.4. The molecule has 1 aromatic heterocycles. The van der Waals surface area contributed by atoms with Crippen molar-refractivity contribution >= 4 is 23.2 Å². The number of hydrogen-bond donors (Lipinski definition) is 0. The van der Waals surface area contributed by atoms with Crippen LogP contribution in [0.15, 0.2) is 24.4 Å². The summed E-state index contributed by atoms with van der Waals surface area (Å²) >= 11 is 11.7. The van der Waals surface area contributed by atoms with Crippen molar-refractivity contribution in [3.8, 4) is 11.6 Å². The molecule has 2 aromatic rings. The molecule has 0 atom stereocenters. The zero-order valence-corrected chi connectivity index (χ0v) is 10.9. The number of benzene rings is 1. The second kappa shape index (κ2) is 4.90. The van der Waals surface area contributed by atoms with E-state index in [4.69, 9.17) is 27.9 Å². The lowest BCUT2D eigenvalue weighted by Gasteiger charge is -2.08. The molecule has 1 aromatic carbocycles. The molecule has 88 valence electrons. The predicted octanol–water partition coefficient (Wildman–Crippen LogP) is 4.19. The summed E-state index contributed by atoms with van der Waals surface area (Å²) < 4.78 is 5.63. The maximum atomic E-state index is 5.94. The molecule has 0 aliphatic rings. The molecule has 1 heterocycles. The average Bonchev–Trinajstić information content (AvgIpc) is 2.29. The first-order valence-corrected chi connectivity index (χ1v) is 5.75. The van der Waals surface area contributed by atoms with E-state index in [1.807, 2.05) is 19.9 Å². The van der Waals surface area contributed by atoms with Crippen LogP contribution in [-0.4, -0.2) is 9.97 Å². The highest BCUT2D eigenvalue weighted by Crippen LogP contribution is 2.26. The van der Waals surface area contributed by atoms with Gasteiger partial charge >= 0.3 is 0 Å². The van der Waals surface area contributed by atoms with Crippen molar-refractivity contribution in [2.45, 2.75) is 13.8 Å². The van der Waals surface area contributed by atoms with Crippen LogP contribution in [0.5, 0.6) is 11.6 Å². The van der Waals surface area contributed by atoms with Crippen molar-refractivity contribution in [1.82, 2.24) is 9.97 Å². The van der Waals surface area contributed by atoms with Crippen molar-refractivity contribution in [3.05, 3.63) is 45.8 Å². The number of aromatic nitrogens is 2. The Morgan fingerprint density at radius 1 is 1.12 bits per heavy atom. The van der Waals surface area contributed by atoms with Gasteiger partial charge in [-0.15, -0.1) is 0 Å². The van der Waals surface area contributed by atoms with Gasteiger partial charge in [0.1, 0.15) is 5.75 Å². The molecule has 2 rings (SSSR count). The molecule has 0 unspecified atom stereocenters. The van der Waals surface area contributed by atoms with Gasteiger partial charge in [-0.1, -0.05) is 11.6 Å². The van der Waals surface area contributed by atoms with Gasteiger partial charge in [0.05, 0.1) is 0 Å². The third-order valence-electron chi connectivity index (χ3n) is 2.24. The van der Waals surface area contributed by atoms with Crippen molar-refractivity contribution in [3.63, 3.8) is 0 Å². The fourth-order valence-corrected chi connectivity index (χ4v) is 1.54. The van der Waals surface area contributed by atoms with Gasteiger partial charge in [0.25, 0.3) is 0 Å². The first-order chi connectivity index (χ1) is 8.06. The topological polar surface area (TPSA) is 35.0 Å². The zero-order valence-electron chi connectivity index (χ0n) is 9.37. The number of rotatable bonds is 2. The van der Waals surface area contributed by atoms with Crippen LogP contribution in [0.2, 0.25) is 10.3 Å². The molecular weight excluding hydrogens is 259 g/mol. The van der Waals surface area contributed by atoms with E-state index in [1.54, 1.807) is 18.3 Å². The number of halogens is 2. The Morgan fingerprint density at radius 2 is 1.88 bits per heavy atom. The van der Waals surface area contributed by atoms with E-state index in [-0.39, 0.29) is 5.28 Å². The maximum Gasteiger partial charge on any atom is 0.226 e. The molecule has 0 spiro atoms. The van der Waals surface area contributed by atoms with Crippen LogP contribution in [0.1, 0.15) is 11.1 Å². The molecule has 17 heavy (non-hydrogen) atoms. The monoisotopic (exact) mass is 268 g/mol. The van der Waals surface area contributed by atoms with Crippen LogP contribution in [0.25, 0.3) is 0 Å². The normalized spacial score (nSPS) is 10.4. The Kier molecular flexibility index (Phi) is 3.50. The van der Waals surface area contributed by atoms with E-state index >= 15 is 0 Å². The number of nitrogens with zero attached hydrogens (tertiary/aromatic N) is 2. The van der Waals surface area contributed by atoms with Gasteiger partial charge in [-0.25, -0.2) is 4.98 Å². The molecule has 0 fully saturated rings. The second-order valence-electron chi connectivity index (χ2n) is 3.64. The highest BCUT2D eigenvalue weighted by molar-refractivity contribution is 6.31. The lowest BCUT2D eigenvalue weighted by molar-refractivity contribution is 0.457. The quantitative estimate of drug-likeness (QED) is 0.766. The molecular formula is C12H10Cl2N2O. The van der Waals surface area contributed by atoms with Crippen molar-refractivity contribution in [1.29, 1.82) is 0 Å². The number of aryl methyl sites for hydroxylation is 2. The van der Waals surface area contributed by atoms with E-state index in [0.29, 0.717) is 16.7 Å². The highest BCUT2D eigenvalue weighted by Gasteiger charge is 2.06. The minimum Gasteiger partial charge on any atom is -0.439 e. The molecule has 5 heteroatoms. The maximum absolute atomic E-state index is 5.94. The van der Waals surface area contributed by atoms with Crippen LogP contribution in [0.3, 0.4) is 0 Å². The minimum absolute atomic E-state index is 0.163. The Labute approximate surface area is 109 Å². The fraction of sp³-hybridized carbons (Fsp3) is 0.167. The van der Waals surface area contributed by atoms with Crippen molar-refractivity contribution in [2.24, 2.45) is 0 Å². The summed E-state index contributed by atoms with van der Waals surface area (Å²) in [5, 5.41) is 0.867. The highest BCUT2D eigenvalue weighted by atomic mass is 35.5. The fourth-order valence-electron chi connectivity index (χ4n) is 1.30. The molecule has 0 bridgehead atoms. The second-order valence-corrected chi connectivity index (χ2v) is 4.39. The molecule has 0 amide bonds. The standard InChI is InChI=1S/C12H10Cl2N2O/c1-7-5-9(3-4-10(7)13)17-11-8(2)6-15-12(14)16-11/h3-6H,1-2H3. The summed E-state index contributed by atoms with van der Waals surface area (Å²) in [6.07, 6.45) is 1.62. The van der Waals surface area contributed by atoms with Gasteiger partial charge in [-0.2, -0.15) is 4.98 Å². The summed E-state index contributed by atoms with van der Waals surface area (Å²) in [5.41, 5.74) is 1.77. The van der Waals surface area contributed by atoms with Gasteiger partial charge in [0.2, 0.25) is 11.2 Å². The molecule has 0 saturated carbocycles. The largest absolute Gasteiger partial charge is 0.439 e. The van der Waals surface area contributed by atoms with Crippen molar-refractivity contribution < 1.29 is 4.74 Å². The van der Waals surface area contributed by atoms with Gasteiger partial charge < -0.3 is 4.74 Å². The van der Waals surface area contributed by atoms with E-state index in [1.165, 1.54) is 0 Å². The Balaban J connectivity index is 2.31. The molecule has 0 radical (unpaired) electrons. The summed E-state index contributed by atoms with van der Waals surface area (Å²) in [6, 6.07) is 5.41. The van der Waals surface area contributed by atoms with Crippen molar-refractivity contribution in [2.75, 3.05) is 0 Å². The third-order valence-corrected chi connectivity index (χ3v) is 2.85. The first kappa shape index (κ1) is 12.1. The lowest BCUT2D eigenvalue weighted by Crippen LogP contribution is -1.93. The molecule has 0 N–H and O–H groups in total. The van der Waals surface area contributed by atoms with Crippen LogP contribution in [0, 0.1) is 13.8 Å². The van der Waals surface area contributed by atoms with Crippen LogP contribution in [0.4, 0.5) is 0 Å². The third kappa shape index (κ3) is 2.87. The summed E-state index contributed by atoms with van der Waals surface area (Å²) in [7, 11) is 0. The molecule has 3 nitrogen and oxygen atoms in total. The molecule has 0 aliphatic heterocycles. The Morgan fingerprint density at radius 3 is 2.59 bits per heavy atom. The average molecular weight is 269 g/mol. The van der Waals surface area contributed by atoms with Crippen LogP contribution < -0.4 is 4.74 Å². The van der Waals surface area contributed by atoms with E-state index in [9.17, 15) is 0 Å². The summed E-state index contributed by atoms with van der Waals surface area (Å²) in [5.74, 6) is 1.12. The lowest BCUT2D eigenvalue weighted by atomic mass is 10.2. The summed E-state index contributed by atoms with van der Waals surface area (Å²) in [4.78, 5) is 7.89. The number of hydrogen-bond acceptors (Lipinski definition) is 3. The van der Waals surface area contributed by atoms with E-state index < -0.39 is 0 Å². The van der Waals surface area contributed by atoms with Crippen LogP contribution in [-0.2, 0) is 0 Å². The van der Waals surface area contributed by atoms with Gasteiger partial charge in [-0.3, -0.25) is 0 Å². The number of ether oxygens (including phenoxy) is 1.